The van der Waals surface area contributed by atoms with Crippen LogP contribution in [0.15, 0.2) is 29.4 Å². The van der Waals surface area contributed by atoms with Gasteiger partial charge in [-0.2, -0.15) is 0 Å². The summed E-state index contributed by atoms with van der Waals surface area (Å²) in [7, 11) is 0. The van der Waals surface area contributed by atoms with Gasteiger partial charge in [-0.3, -0.25) is 4.79 Å². The predicted octanol–water partition coefficient (Wildman–Crippen LogP) is 3.64. The van der Waals surface area contributed by atoms with E-state index in [1.54, 1.807) is 0 Å². The smallest absolute Gasteiger partial charge is 0.242 e. The van der Waals surface area contributed by atoms with Crippen LogP contribution >= 0.6 is 24.0 Å². The highest BCUT2D eigenvalue weighted by molar-refractivity contribution is 14.0. The quantitative estimate of drug-likeness (QED) is 0.260. The Balaban J connectivity index is 0.00000300. The molecule has 1 heterocycles. The second-order valence-corrected chi connectivity index (χ2v) is 7.64. The van der Waals surface area contributed by atoms with Crippen LogP contribution in [0.2, 0.25) is 0 Å². The lowest BCUT2D eigenvalue weighted by Gasteiger charge is -2.22. The largest absolute Gasteiger partial charge is 0.361 e. The molecule has 1 aliphatic rings. The van der Waals surface area contributed by atoms with Crippen molar-refractivity contribution in [2.24, 2.45) is 4.99 Å². The SMILES string of the molecule is CCNC(=NCC(=O)NC1CCCCC1)NCCc1c[nH]c2cc(C)ccc12.I. The van der Waals surface area contributed by atoms with Gasteiger partial charge in [-0.25, -0.2) is 4.99 Å². The first-order valence-electron chi connectivity index (χ1n) is 10.5. The maximum absolute atomic E-state index is 12.2. The molecule has 0 atom stereocenters. The lowest BCUT2D eigenvalue weighted by atomic mass is 9.95. The van der Waals surface area contributed by atoms with Crippen LogP contribution in [-0.2, 0) is 11.2 Å². The Bertz CT molecular complexity index is 811. The minimum absolute atomic E-state index is 0. The number of guanidine groups is 1. The van der Waals surface area contributed by atoms with Crippen LogP contribution < -0.4 is 16.0 Å². The second kappa shape index (κ2) is 12.0. The molecule has 29 heavy (non-hydrogen) atoms. The van der Waals surface area contributed by atoms with E-state index in [0.717, 1.165) is 32.4 Å². The van der Waals surface area contributed by atoms with Crippen molar-refractivity contribution in [2.75, 3.05) is 19.6 Å². The van der Waals surface area contributed by atoms with Gasteiger partial charge in [-0.05, 0) is 50.3 Å². The number of hydrogen-bond acceptors (Lipinski definition) is 2. The molecular weight excluding hydrogens is 477 g/mol. The van der Waals surface area contributed by atoms with Gasteiger partial charge in [0.1, 0.15) is 6.54 Å². The Kier molecular flexibility index (Phi) is 9.76. The summed E-state index contributed by atoms with van der Waals surface area (Å²) in [5, 5.41) is 10.9. The number of rotatable bonds is 7. The van der Waals surface area contributed by atoms with Crippen LogP contribution in [0.5, 0.6) is 0 Å². The molecule has 6 nitrogen and oxygen atoms in total. The zero-order valence-electron chi connectivity index (χ0n) is 17.5. The predicted molar refractivity (Wildman–Crippen MR) is 131 cm³/mol. The summed E-state index contributed by atoms with van der Waals surface area (Å²) in [5.41, 5.74) is 3.72. The van der Waals surface area contributed by atoms with E-state index in [1.165, 1.54) is 41.3 Å². The van der Waals surface area contributed by atoms with Gasteiger partial charge in [0.05, 0.1) is 0 Å². The van der Waals surface area contributed by atoms with Gasteiger partial charge in [0.15, 0.2) is 5.96 Å². The van der Waals surface area contributed by atoms with Gasteiger partial charge in [0.25, 0.3) is 0 Å². The summed E-state index contributed by atoms with van der Waals surface area (Å²) >= 11 is 0. The molecular formula is C22H34IN5O. The van der Waals surface area contributed by atoms with Crippen molar-refractivity contribution < 1.29 is 4.79 Å². The van der Waals surface area contributed by atoms with Gasteiger partial charge in [0, 0.05) is 36.2 Å². The van der Waals surface area contributed by atoms with Crippen LogP contribution in [0.3, 0.4) is 0 Å². The number of aliphatic imine (C=N–C) groups is 1. The van der Waals surface area contributed by atoms with E-state index in [9.17, 15) is 4.79 Å². The van der Waals surface area contributed by atoms with E-state index in [0.29, 0.717) is 12.0 Å². The molecule has 7 heteroatoms. The van der Waals surface area contributed by atoms with Crippen molar-refractivity contribution in [2.45, 2.75) is 58.4 Å². The maximum atomic E-state index is 12.2. The fourth-order valence-corrected chi connectivity index (χ4v) is 3.84. The number of nitrogens with one attached hydrogen (secondary N) is 4. The van der Waals surface area contributed by atoms with Crippen molar-refractivity contribution in [3.8, 4) is 0 Å². The maximum Gasteiger partial charge on any atom is 0.242 e. The highest BCUT2D eigenvalue weighted by atomic mass is 127. The first-order valence-corrected chi connectivity index (χ1v) is 10.5. The number of aryl methyl sites for hydroxylation is 1. The summed E-state index contributed by atoms with van der Waals surface area (Å²) in [5.74, 6) is 0.702. The lowest BCUT2D eigenvalue weighted by molar-refractivity contribution is -0.120. The van der Waals surface area contributed by atoms with Crippen LogP contribution in [0.25, 0.3) is 10.9 Å². The van der Waals surface area contributed by atoms with Crippen LogP contribution in [0, 0.1) is 6.92 Å². The summed E-state index contributed by atoms with van der Waals surface area (Å²) in [6, 6.07) is 6.81. The first-order chi connectivity index (χ1) is 13.7. The monoisotopic (exact) mass is 511 g/mol. The van der Waals surface area contributed by atoms with Crippen molar-refractivity contribution >= 4 is 46.7 Å². The molecule has 4 N–H and O–H groups in total. The number of aromatic nitrogens is 1. The number of carbonyl (C=O) groups excluding carboxylic acids is 1. The number of aromatic amines is 1. The van der Waals surface area contributed by atoms with Crippen molar-refractivity contribution in [1.29, 1.82) is 0 Å². The molecule has 1 fully saturated rings. The number of nitrogens with zero attached hydrogens (tertiary/aromatic N) is 1. The zero-order valence-corrected chi connectivity index (χ0v) is 19.8. The van der Waals surface area contributed by atoms with E-state index < -0.39 is 0 Å². The Morgan fingerprint density at radius 3 is 2.76 bits per heavy atom. The molecule has 0 unspecified atom stereocenters. The first kappa shape index (κ1) is 23.5. The second-order valence-electron chi connectivity index (χ2n) is 7.64. The average Bonchev–Trinajstić information content (AvgIpc) is 3.09. The third-order valence-electron chi connectivity index (χ3n) is 5.30. The number of carbonyl (C=O) groups is 1. The number of H-pyrrole nitrogens is 1. The summed E-state index contributed by atoms with van der Waals surface area (Å²) in [4.78, 5) is 20.0. The van der Waals surface area contributed by atoms with E-state index in [-0.39, 0.29) is 36.4 Å². The minimum Gasteiger partial charge on any atom is -0.361 e. The summed E-state index contributed by atoms with van der Waals surface area (Å²) < 4.78 is 0. The normalized spacial score (nSPS) is 15.0. The highest BCUT2D eigenvalue weighted by Crippen LogP contribution is 2.19. The molecule has 1 saturated carbocycles. The van der Waals surface area contributed by atoms with E-state index in [2.05, 4.69) is 57.2 Å². The molecule has 0 saturated heterocycles. The zero-order chi connectivity index (χ0) is 19.8. The molecule has 1 aromatic carbocycles. The molecule has 1 aliphatic carbocycles. The number of halogens is 1. The fourth-order valence-electron chi connectivity index (χ4n) is 3.84. The van der Waals surface area contributed by atoms with E-state index in [1.807, 2.05) is 6.92 Å². The molecule has 0 bridgehead atoms. The van der Waals surface area contributed by atoms with Gasteiger partial charge >= 0.3 is 0 Å². The van der Waals surface area contributed by atoms with Gasteiger partial charge < -0.3 is 20.9 Å². The number of hydrogen-bond donors (Lipinski definition) is 4. The van der Waals surface area contributed by atoms with Crippen molar-refractivity contribution in [3.05, 3.63) is 35.5 Å². The topological polar surface area (TPSA) is 81.3 Å². The molecule has 0 spiro atoms. The molecule has 160 valence electrons. The summed E-state index contributed by atoms with van der Waals surface area (Å²) in [6.45, 7) is 5.82. The minimum atomic E-state index is 0. The molecule has 0 radical (unpaired) electrons. The third-order valence-corrected chi connectivity index (χ3v) is 5.30. The van der Waals surface area contributed by atoms with Crippen molar-refractivity contribution in [1.82, 2.24) is 20.9 Å². The fraction of sp³-hybridized carbons (Fsp3) is 0.545. The van der Waals surface area contributed by atoms with Crippen LogP contribution in [0.1, 0.15) is 50.2 Å². The Hall–Kier alpha value is -1.77. The third kappa shape index (κ3) is 7.21. The van der Waals surface area contributed by atoms with Crippen molar-refractivity contribution in [3.63, 3.8) is 0 Å². The molecule has 1 amide bonds. The van der Waals surface area contributed by atoms with Crippen LogP contribution in [-0.4, -0.2) is 42.5 Å². The Morgan fingerprint density at radius 1 is 1.21 bits per heavy atom. The van der Waals surface area contributed by atoms with E-state index >= 15 is 0 Å². The standard InChI is InChI=1S/C22H33N5O.HI/c1-3-23-22(26-15-21(28)27-18-7-5-4-6-8-18)24-12-11-17-14-25-20-13-16(2)9-10-19(17)20;/h9-10,13-14,18,25H,3-8,11-12,15H2,1-2H3,(H,27,28)(H2,23,24,26);1H. The Morgan fingerprint density at radius 2 is 2.00 bits per heavy atom. The number of fused-ring (bicyclic) bond motifs is 1. The number of benzene rings is 1. The van der Waals surface area contributed by atoms with Gasteiger partial charge in [0.2, 0.25) is 5.91 Å². The summed E-state index contributed by atoms with van der Waals surface area (Å²) in [6.07, 6.45) is 8.87. The van der Waals surface area contributed by atoms with Gasteiger partial charge in [-0.1, -0.05) is 31.4 Å². The lowest BCUT2D eigenvalue weighted by Crippen LogP contribution is -2.41. The molecule has 3 rings (SSSR count). The van der Waals surface area contributed by atoms with E-state index in [4.69, 9.17) is 0 Å². The molecule has 0 aliphatic heterocycles. The molecule has 2 aromatic rings. The van der Waals surface area contributed by atoms with Gasteiger partial charge in [-0.15, -0.1) is 24.0 Å². The molecule has 1 aromatic heterocycles. The van der Waals surface area contributed by atoms with Crippen LogP contribution in [0.4, 0.5) is 0 Å². The number of amides is 1. The average molecular weight is 511 g/mol. The Labute approximate surface area is 190 Å². The highest BCUT2D eigenvalue weighted by Gasteiger charge is 2.15.